The number of hydrogen-bond donors (Lipinski definition) is 0. The van der Waals surface area contributed by atoms with Gasteiger partial charge in [0.05, 0.1) is 27.2 Å². The summed E-state index contributed by atoms with van der Waals surface area (Å²) >= 11 is 0. The van der Waals surface area contributed by atoms with Crippen molar-refractivity contribution in [2.75, 3.05) is 27.2 Å². The zero-order valence-electron chi connectivity index (χ0n) is 16.3. The molecule has 14 heteroatoms. The summed E-state index contributed by atoms with van der Waals surface area (Å²) in [6.45, 7) is 7.26. The molecule has 0 aliphatic carbocycles. The van der Waals surface area contributed by atoms with Crippen LogP contribution in [-0.4, -0.2) is 59.5 Å². The molecule has 0 saturated heterocycles. The minimum Gasteiger partial charge on any atom is -0.421 e. The Balaban J connectivity index is 0. The number of halogens is 6. The topological polar surface area (TPSA) is 82.4 Å². The molecular formula is C14H28F6N2O4S2. The number of nitrogens with zero attached hydrogens (tertiary/aromatic N) is 2. The molecule has 0 N–H and O–H groups in total. The van der Waals surface area contributed by atoms with Gasteiger partial charge in [0, 0.05) is 0 Å². The quantitative estimate of drug-likeness (QED) is 0.270. The van der Waals surface area contributed by atoms with Crippen LogP contribution in [0, 0.1) is 0 Å². The van der Waals surface area contributed by atoms with E-state index in [1.165, 1.54) is 56.1 Å². The Morgan fingerprint density at radius 1 is 0.679 bits per heavy atom. The van der Waals surface area contributed by atoms with Gasteiger partial charge in [-0.25, -0.2) is 16.8 Å². The van der Waals surface area contributed by atoms with Gasteiger partial charge in [-0.3, -0.25) is 0 Å². The highest BCUT2D eigenvalue weighted by Gasteiger charge is 2.46. The standard InChI is InChI=1S/C12H28N.C2F6NO4S2/c1-5-7-9-10-12-13(3,4)11-8-6-2;3-1(4,5)14(10,11)9-15(12,13)2(6,7)8/h5-12H2,1-4H3;/q+1;-1. The summed E-state index contributed by atoms with van der Waals surface area (Å²) in [4.78, 5) is 0. The molecule has 0 bridgehead atoms. The van der Waals surface area contributed by atoms with Gasteiger partial charge in [0.1, 0.15) is 0 Å². The number of hydrogen-bond acceptors (Lipinski definition) is 4. The Bertz CT molecular complexity index is 602. The summed E-state index contributed by atoms with van der Waals surface area (Å²) in [7, 11) is -8.72. The lowest BCUT2D eigenvalue weighted by atomic mass is 10.2. The van der Waals surface area contributed by atoms with Gasteiger partial charge < -0.3 is 8.61 Å². The molecule has 0 radical (unpaired) electrons. The molecule has 0 aliphatic rings. The van der Waals surface area contributed by atoms with Gasteiger partial charge in [0.15, 0.2) is 20.0 Å². The van der Waals surface area contributed by atoms with Gasteiger partial charge in [0.25, 0.3) is 0 Å². The maximum atomic E-state index is 11.4. The summed E-state index contributed by atoms with van der Waals surface area (Å²) in [6.07, 6.45) is 8.29. The van der Waals surface area contributed by atoms with Gasteiger partial charge in [-0.15, -0.1) is 0 Å². The van der Waals surface area contributed by atoms with Crippen LogP contribution in [0.25, 0.3) is 4.13 Å². The summed E-state index contributed by atoms with van der Waals surface area (Å²) < 4.78 is 110. The molecular weight excluding hydrogens is 438 g/mol. The maximum absolute atomic E-state index is 11.4. The average molecular weight is 467 g/mol. The number of sulfonamides is 2. The summed E-state index contributed by atoms with van der Waals surface area (Å²) in [5.74, 6) is 0. The summed E-state index contributed by atoms with van der Waals surface area (Å²) in [5.41, 5.74) is -12.4. The third-order valence-electron chi connectivity index (χ3n) is 3.52. The van der Waals surface area contributed by atoms with E-state index in [2.05, 4.69) is 27.9 Å². The number of rotatable bonds is 10. The van der Waals surface area contributed by atoms with Gasteiger partial charge in [-0.2, -0.15) is 26.3 Å². The molecule has 0 atom stereocenters. The van der Waals surface area contributed by atoms with E-state index in [1.807, 2.05) is 0 Å². The normalized spacial score (nSPS) is 13.8. The van der Waals surface area contributed by atoms with E-state index in [4.69, 9.17) is 0 Å². The Hall–Kier alpha value is -0.600. The second-order valence-electron chi connectivity index (χ2n) is 6.71. The first-order valence-corrected chi connectivity index (χ1v) is 11.4. The fourth-order valence-corrected chi connectivity index (χ4v) is 3.59. The van der Waals surface area contributed by atoms with E-state index >= 15 is 0 Å². The van der Waals surface area contributed by atoms with Crippen LogP contribution < -0.4 is 0 Å². The van der Waals surface area contributed by atoms with E-state index in [-0.39, 0.29) is 0 Å². The molecule has 0 heterocycles. The first kappa shape index (κ1) is 29.6. The molecule has 172 valence electrons. The van der Waals surface area contributed by atoms with E-state index in [1.54, 1.807) is 0 Å². The lowest BCUT2D eigenvalue weighted by Crippen LogP contribution is -2.41. The highest BCUT2D eigenvalue weighted by atomic mass is 32.3. The Kier molecular flexibility index (Phi) is 12.2. The van der Waals surface area contributed by atoms with E-state index in [0.29, 0.717) is 0 Å². The molecule has 0 saturated carbocycles. The zero-order chi connectivity index (χ0) is 22.9. The first-order valence-electron chi connectivity index (χ1n) is 8.52. The van der Waals surface area contributed by atoms with Crippen LogP contribution >= 0.6 is 0 Å². The molecule has 0 amide bonds. The van der Waals surface area contributed by atoms with Crippen molar-refractivity contribution < 1.29 is 47.7 Å². The summed E-state index contributed by atoms with van der Waals surface area (Å²) in [6, 6.07) is 0. The van der Waals surface area contributed by atoms with Crippen molar-refractivity contribution >= 4 is 20.0 Å². The number of quaternary nitrogens is 1. The predicted octanol–water partition coefficient (Wildman–Crippen LogP) is 4.50. The lowest BCUT2D eigenvalue weighted by molar-refractivity contribution is -0.890. The molecule has 0 aromatic carbocycles. The second-order valence-corrected chi connectivity index (χ2v) is 10.1. The molecule has 0 rings (SSSR count). The van der Waals surface area contributed by atoms with Crippen molar-refractivity contribution in [1.82, 2.24) is 0 Å². The van der Waals surface area contributed by atoms with E-state index < -0.39 is 31.1 Å². The molecule has 0 aromatic rings. The molecule has 6 nitrogen and oxygen atoms in total. The zero-order valence-corrected chi connectivity index (χ0v) is 17.9. The van der Waals surface area contributed by atoms with Gasteiger partial charge >= 0.3 is 11.0 Å². The second kappa shape index (κ2) is 11.6. The van der Waals surface area contributed by atoms with Crippen molar-refractivity contribution in [3.63, 3.8) is 0 Å². The lowest BCUT2D eigenvalue weighted by Gasteiger charge is -2.29. The largest absolute Gasteiger partial charge is 0.480 e. The fraction of sp³-hybridized carbons (Fsp3) is 1.00. The smallest absolute Gasteiger partial charge is 0.421 e. The molecule has 0 fully saturated rings. The maximum Gasteiger partial charge on any atom is 0.480 e. The van der Waals surface area contributed by atoms with Crippen LogP contribution in [0.3, 0.4) is 0 Å². The van der Waals surface area contributed by atoms with Crippen LogP contribution in [0.5, 0.6) is 0 Å². The highest BCUT2D eigenvalue weighted by Crippen LogP contribution is 2.36. The van der Waals surface area contributed by atoms with Crippen LogP contribution in [-0.2, 0) is 20.0 Å². The minimum absolute atomic E-state index is 0.778. The van der Waals surface area contributed by atoms with Crippen molar-refractivity contribution in [3.8, 4) is 0 Å². The number of unbranched alkanes of at least 4 members (excludes halogenated alkanes) is 4. The number of alkyl halides is 6. The van der Waals surface area contributed by atoms with Gasteiger partial charge in [-0.05, 0) is 19.3 Å². The molecule has 0 aromatic heterocycles. The van der Waals surface area contributed by atoms with Crippen LogP contribution in [0.15, 0.2) is 0 Å². The van der Waals surface area contributed by atoms with Crippen LogP contribution in [0.4, 0.5) is 26.3 Å². The van der Waals surface area contributed by atoms with Gasteiger partial charge in [0.2, 0.25) is 0 Å². The fourth-order valence-electron chi connectivity index (χ4n) is 1.88. The Labute approximate surface area is 163 Å². The molecule has 0 spiro atoms. The molecule has 0 unspecified atom stereocenters. The third kappa shape index (κ3) is 12.1. The van der Waals surface area contributed by atoms with Crippen molar-refractivity contribution in [2.45, 2.75) is 63.4 Å². The summed E-state index contributed by atoms with van der Waals surface area (Å²) in [5, 5.41) is 0. The van der Waals surface area contributed by atoms with Crippen LogP contribution in [0.1, 0.15) is 52.4 Å². The predicted molar refractivity (Wildman–Crippen MR) is 94.2 cm³/mol. The SMILES string of the molecule is CCCCCC[N+](C)(C)CCCC.O=S(=O)([N-]S(=O)(=O)C(F)(F)F)C(F)(F)F. The Morgan fingerprint density at radius 3 is 1.36 bits per heavy atom. The van der Waals surface area contributed by atoms with E-state index in [9.17, 15) is 43.2 Å². The Morgan fingerprint density at radius 2 is 1.04 bits per heavy atom. The van der Waals surface area contributed by atoms with E-state index in [0.717, 1.165) is 4.13 Å². The van der Waals surface area contributed by atoms with Crippen molar-refractivity contribution in [3.05, 3.63) is 4.13 Å². The van der Waals surface area contributed by atoms with Crippen LogP contribution in [0.2, 0.25) is 0 Å². The molecule has 28 heavy (non-hydrogen) atoms. The minimum atomic E-state index is -6.72. The monoisotopic (exact) mass is 466 g/mol. The third-order valence-corrected chi connectivity index (χ3v) is 6.26. The molecule has 0 aliphatic heterocycles. The van der Waals surface area contributed by atoms with Crippen molar-refractivity contribution in [1.29, 1.82) is 0 Å². The van der Waals surface area contributed by atoms with Crippen molar-refractivity contribution in [2.24, 2.45) is 0 Å². The van der Waals surface area contributed by atoms with Gasteiger partial charge in [-0.1, -0.05) is 33.1 Å². The average Bonchev–Trinajstić information content (AvgIpc) is 2.47. The highest BCUT2D eigenvalue weighted by molar-refractivity contribution is 8.13. The first-order chi connectivity index (χ1) is 12.3.